The van der Waals surface area contributed by atoms with Gasteiger partial charge in [-0.25, -0.2) is 4.39 Å². The molecule has 0 aliphatic carbocycles. The maximum Gasteiger partial charge on any atom is 0.167 e. The van der Waals surface area contributed by atoms with Crippen molar-refractivity contribution >= 4 is 17.1 Å². The first-order valence-electron chi connectivity index (χ1n) is 6.27. The molecule has 0 aliphatic rings. The molecule has 0 saturated heterocycles. The Morgan fingerprint density at radius 3 is 2.60 bits per heavy atom. The second kappa shape index (κ2) is 6.14. The summed E-state index contributed by atoms with van der Waals surface area (Å²) in [5, 5.41) is 3.06. The van der Waals surface area contributed by atoms with Gasteiger partial charge in [-0.05, 0) is 31.2 Å². The highest BCUT2D eigenvalue weighted by molar-refractivity contribution is 5.74. The molecule has 0 bridgehead atoms. The number of anilines is 3. The molecular weight excluding hydrogens is 259 g/mol. The van der Waals surface area contributed by atoms with Crippen LogP contribution in [0.1, 0.15) is 6.92 Å². The van der Waals surface area contributed by atoms with Crippen LogP contribution in [0, 0.1) is 5.82 Å². The minimum Gasteiger partial charge on any atom is -0.497 e. The molecule has 0 fully saturated rings. The predicted octanol–water partition coefficient (Wildman–Crippen LogP) is 3.56. The Hall–Kier alpha value is -2.43. The van der Waals surface area contributed by atoms with E-state index in [1.807, 2.05) is 6.92 Å². The van der Waals surface area contributed by atoms with E-state index in [1.165, 1.54) is 6.07 Å². The molecule has 3 N–H and O–H groups in total. The number of nitrogens with two attached hydrogens (primary N) is 1. The van der Waals surface area contributed by atoms with E-state index >= 15 is 0 Å². The largest absolute Gasteiger partial charge is 0.497 e. The van der Waals surface area contributed by atoms with Crippen molar-refractivity contribution in [1.29, 1.82) is 0 Å². The molecule has 0 aromatic heterocycles. The number of hydrogen-bond acceptors (Lipinski definition) is 4. The van der Waals surface area contributed by atoms with Crippen molar-refractivity contribution in [3.05, 3.63) is 42.2 Å². The Morgan fingerprint density at radius 2 is 2.00 bits per heavy atom. The number of rotatable bonds is 5. The van der Waals surface area contributed by atoms with E-state index in [-0.39, 0.29) is 5.75 Å². The number of halogens is 1. The van der Waals surface area contributed by atoms with Crippen LogP contribution in [-0.4, -0.2) is 13.7 Å². The summed E-state index contributed by atoms with van der Waals surface area (Å²) in [6, 6.07) is 9.95. The summed E-state index contributed by atoms with van der Waals surface area (Å²) in [5.74, 6) is 0.496. The van der Waals surface area contributed by atoms with Gasteiger partial charge in [-0.2, -0.15) is 0 Å². The lowest BCUT2D eigenvalue weighted by molar-refractivity contribution is 0.321. The maximum atomic E-state index is 13.7. The summed E-state index contributed by atoms with van der Waals surface area (Å²) < 4.78 is 24.0. The first kappa shape index (κ1) is 14.0. The van der Waals surface area contributed by atoms with Crippen molar-refractivity contribution in [2.24, 2.45) is 0 Å². The molecule has 0 heterocycles. The SMILES string of the molecule is CCOc1ccc(Nc2ccc(OC)cc2N)cc1F. The number of hydrogen-bond donors (Lipinski definition) is 2. The number of methoxy groups -OCH3 is 1. The molecule has 0 amide bonds. The molecule has 0 aliphatic heterocycles. The van der Waals surface area contributed by atoms with Gasteiger partial charge in [0.25, 0.3) is 0 Å². The van der Waals surface area contributed by atoms with Crippen LogP contribution in [0.25, 0.3) is 0 Å². The average Bonchev–Trinajstić information content (AvgIpc) is 2.44. The van der Waals surface area contributed by atoms with Crippen LogP contribution < -0.4 is 20.5 Å². The summed E-state index contributed by atoms with van der Waals surface area (Å²) in [5.41, 5.74) is 7.72. The predicted molar refractivity (Wildman–Crippen MR) is 78.3 cm³/mol. The fourth-order valence-electron chi connectivity index (χ4n) is 1.79. The minimum absolute atomic E-state index is 0.237. The lowest BCUT2D eigenvalue weighted by Crippen LogP contribution is -1.99. The Kier molecular flexibility index (Phi) is 4.30. The Morgan fingerprint density at radius 1 is 1.20 bits per heavy atom. The molecule has 0 unspecified atom stereocenters. The first-order valence-corrected chi connectivity index (χ1v) is 6.27. The van der Waals surface area contributed by atoms with Crippen molar-refractivity contribution in [2.75, 3.05) is 24.8 Å². The van der Waals surface area contributed by atoms with E-state index in [1.54, 1.807) is 37.4 Å². The van der Waals surface area contributed by atoms with E-state index in [4.69, 9.17) is 15.2 Å². The zero-order valence-electron chi connectivity index (χ0n) is 11.4. The zero-order valence-corrected chi connectivity index (χ0v) is 11.4. The van der Waals surface area contributed by atoms with E-state index in [9.17, 15) is 4.39 Å². The van der Waals surface area contributed by atoms with Gasteiger partial charge < -0.3 is 20.5 Å². The molecule has 0 radical (unpaired) electrons. The van der Waals surface area contributed by atoms with E-state index < -0.39 is 5.82 Å². The minimum atomic E-state index is -0.413. The topological polar surface area (TPSA) is 56.5 Å². The molecular formula is C15H17FN2O2. The highest BCUT2D eigenvalue weighted by Gasteiger charge is 2.06. The normalized spacial score (nSPS) is 10.2. The van der Waals surface area contributed by atoms with E-state index in [0.717, 1.165) is 0 Å². The highest BCUT2D eigenvalue weighted by atomic mass is 19.1. The quantitative estimate of drug-likeness (QED) is 0.820. The van der Waals surface area contributed by atoms with Gasteiger partial charge in [-0.15, -0.1) is 0 Å². The molecule has 2 rings (SSSR count). The van der Waals surface area contributed by atoms with Crippen LogP contribution in [0.2, 0.25) is 0 Å². The van der Waals surface area contributed by atoms with Gasteiger partial charge in [0.15, 0.2) is 11.6 Å². The summed E-state index contributed by atoms with van der Waals surface area (Å²) in [6.07, 6.45) is 0. The third kappa shape index (κ3) is 3.12. The molecule has 2 aromatic carbocycles. The fraction of sp³-hybridized carbons (Fsp3) is 0.200. The number of nitrogen functional groups attached to an aromatic ring is 1. The van der Waals surface area contributed by atoms with Crippen LogP contribution in [0.3, 0.4) is 0 Å². The van der Waals surface area contributed by atoms with Gasteiger partial charge in [0, 0.05) is 17.8 Å². The number of ether oxygens (including phenoxy) is 2. The summed E-state index contributed by atoms with van der Waals surface area (Å²) in [6.45, 7) is 2.23. The zero-order chi connectivity index (χ0) is 14.5. The third-order valence-electron chi connectivity index (χ3n) is 2.77. The maximum absolute atomic E-state index is 13.7. The summed E-state index contributed by atoms with van der Waals surface area (Å²) in [4.78, 5) is 0. The van der Waals surface area contributed by atoms with Gasteiger partial charge in [-0.3, -0.25) is 0 Å². The summed E-state index contributed by atoms with van der Waals surface area (Å²) >= 11 is 0. The van der Waals surface area contributed by atoms with E-state index in [2.05, 4.69) is 5.32 Å². The monoisotopic (exact) mass is 276 g/mol. The second-order valence-electron chi connectivity index (χ2n) is 4.16. The van der Waals surface area contributed by atoms with Gasteiger partial charge in [0.05, 0.1) is 25.1 Å². The van der Waals surface area contributed by atoms with Crippen LogP contribution in [-0.2, 0) is 0 Å². The molecule has 5 heteroatoms. The van der Waals surface area contributed by atoms with Crippen LogP contribution >= 0.6 is 0 Å². The number of nitrogens with one attached hydrogen (secondary N) is 1. The van der Waals surface area contributed by atoms with Crippen molar-refractivity contribution in [1.82, 2.24) is 0 Å². The van der Waals surface area contributed by atoms with Crippen molar-refractivity contribution in [3.8, 4) is 11.5 Å². The lowest BCUT2D eigenvalue weighted by Gasteiger charge is -2.12. The van der Waals surface area contributed by atoms with Gasteiger partial charge in [0.2, 0.25) is 0 Å². The van der Waals surface area contributed by atoms with Crippen LogP contribution in [0.4, 0.5) is 21.5 Å². The van der Waals surface area contributed by atoms with Gasteiger partial charge in [0.1, 0.15) is 5.75 Å². The van der Waals surface area contributed by atoms with Gasteiger partial charge in [-0.1, -0.05) is 0 Å². The molecule has 2 aromatic rings. The Balaban J connectivity index is 2.19. The van der Waals surface area contributed by atoms with Crippen molar-refractivity contribution in [3.63, 3.8) is 0 Å². The lowest BCUT2D eigenvalue weighted by atomic mass is 10.2. The van der Waals surface area contributed by atoms with Crippen LogP contribution in [0.15, 0.2) is 36.4 Å². The molecule has 0 spiro atoms. The highest BCUT2D eigenvalue weighted by Crippen LogP contribution is 2.29. The van der Waals surface area contributed by atoms with Crippen molar-refractivity contribution in [2.45, 2.75) is 6.92 Å². The number of benzene rings is 2. The molecule has 0 atom stereocenters. The average molecular weight is 276 g/mol. The van der Waals surface area contributed by atoms with Gasteiger partial charge >= 0.3 is 0 Å². The smallest absolute Gasteiger partial charge is 0.167 e. The molecule has 4 nitrogen and oxygen atoms in total. The fourth-order valence-corrected chi connectivity index (χ4v) is 1.79. The Labute approximate surface area is 117 Å². The molecule has 106 valence electrons. The third-order valence-corrected chi connectivity index (χ3v) is 2.77. The summed E-state index contributed by atoms with van der Waals surface area (Å²) in [7, 11) is 1.57. The Bertz CT molecular complexity index is 602. The van der Waals surface area contributed by atoms with E-state index in [0.29, 0.717) is 29.4 Å². The first-order chi connectivity index (χ1) is 9.63. The molecule has 0 saturated carbocycles. The van der Waals surface area contributed by atoms with Crippen molar-refractivity contribution < 1.29 is 13.9 Å². The standard InChI is InChI=1S/C15H17FN2O2/c1-3-20-15-7-4-10(8-12(15)16)18-14-6-5-11(19-2)9-13(14)17/h4-9,18H,3,17H2,1-2H3. The molecule has 20 heavy (non-hydrogen) atoms. The second-order valence-corrected chi connectivity index (χ2v) is 4.16. The van der Waals surface area contributed by atoms with Crippen LogP contribution in [0.5, 0.6) is 11.5 Å².